The van der Waals surface area contributed by atoms with Crippen LogP contribution in [-0.2, 0) is 6.42 Å². The molecule has 2 rings (SSSR count). The van der Waals surface area contributed by atoms with Gasteiger partial charge >= 0.3 is 0 Å². The van der Waals surface area contributed by atoms with E-state index < -0.39 is 5.82 Å². The third kappa shape index (κ3) is 3.27. The minimum atomic E-state index is -0.399. The molecule has 1 aromatic carbocycles. The number of Topliss-reactive ketones (excluding diaryl/α,β-unsaturated/α-hetero) is 1. The second-order valence-corrected chi connectivity index (χ2v) is 5.16. The van der Waals surface area contributed by atoms with E-state index in [-0.39, 0.29) is 12.2 Å². The lowest BCUT2D eigenvalue weighted by Gasteiger charge is -2.12. The van der Waals surface area contributed by atoms with Crippen molar-refractivity contribution in [1.82, 2.24) is 4.98 Å². The molecular weight excluding hydrogens is 269 g/mol. The molecule has 0 spiro atoms. The van der Waals surface area contributed by atoms with Gasteiger partial charge in [0, 0.05) is 22.9 Å². The first kappa shape index (κ1) is 15.2. The molecule has 0 fully saturated rings. The van der Waals surface area contributed by atoms with Gasteiger partial charge in [0.05, 0.1) is 19.2 Å². The first-order valence-corrected chi connectivity index (χ1v) is 6.72. The van der Waals surface area contributed by atoms with Gasteiger partial charge in [0.2, 0.25) is 0 Å². The summed E-state index contributed by atoms with van der Waals surface area (Å²) in [6.45, 7) is 5.54. The summed E-state index contributed by atoms with van der Waals surface area (Å²) >= 11 is 0. The van der Waals surface area contributed by atoms with Crippen LogP contribution in [0.4, 0.5) is 4.39 Å². The number of nitrogens with zero attached hydrogens (tertiary/aromatic N) is 1. The summed E-state index contributed by atoms with van der Waals surface area (Å²) < 4.78 is 18.7. The third-order valence-electron chi connectivity index (χ3n) is 3.44. The lowest BCUT2D eigenvalue weighted by molar-refractivity contribution is 0.0991. The average Bonchev–Trinajstić information content (AvgIpc) is 2.41. The maximum absolute atomic E-state index is 13.4. The molecule has 0 N–H and O–H groups in total. The Hall–Kier alpha value is -2.23. The van der Waals surface area contributed by atoms with Crippen LogP contribution < -0.4 is 4.74 Å². The number of hydrogen-bond acceptors (Lipinski definition) is 3. The lowest BCUT2D eigenvalue weighted by Crippen LogP contribution is -2.09. The Morgan fingerprint density at radius 3 is 2.57 bits per heavy atom. The topological polar surface area (TPSA) is 39.2 Å². The SMILES string of the molecule is COc1c(C)cnc(CC(=O)c2cc(C)cc(F)c2)c1C. The Balaban J connectivity index is 2.32. The van der Waals surface area contributed by atoms with Gasteiger partial charge in [-0.1, -0.05) is 0 Å². The monoisotopic (exact) mass is 287 g/mol. The predicted molar refractivity (Wildman–Crippen MR) is 79.4 cm³/mol. The van der Waals surface area contributed by atoms with Crippen molar-refractivity contribution in [3.05, 3.63) is 58.2 Å². The number of halogens is 1. The van der Waals surface area contributed by atoms with Crippen molar-refractivity contribution in [2.45, 2.75) is 27.2 Å². The normalized spacial score (nSPS) is 10.5. The van der Waals surface area contributed by atoms with Gasteiger partial charge in [0.1, 0.15) is 11.6 Å². The number of rotatable bonds is 4. The fourth-order valence-electron chi connectivity index (χ4n) is 2.40. The van der Waals surface area contributed by atoms with Crippen LogP contribution in [0.15, 0.2) is 24.4 Å². The molecule has 21 heavy (non-hydrogen) atoms. The summed E-state index contributed by atoms with van der Waals surface area (Å²) in [7, 11) is 1.59. The molecule has 0 saturated carbocycles. The van der Waals surface area contributed by atoms with Crippen LogP contribution in [0.5, 0.6) is 5.75 Å². The Bertz CT molecular complexity index is 675. The van der Waals surface area contributed by atoms with Gasteiger partial charge in [-0.25, -0.2) is 4.39 Å². The highest BCUT2D eigenvalue weighted by atomic mass is 19.1. The number of carbonyl (C=O) groups is 1. The molecule has 110 valence electrons. The van der Waals surface area contributed by atoms with Crippen LogP contribution in [0, 0.1) is 26.6 Å². The number of hydrogen-bond donors (Lipinski definition) is 0. The molecule has 0 aliphatic rings. The van der Waals surface area contributed by atoms with Gasteiger partial charge in [-0.2, -0.15) is 0 Å². The van der Waals surface area contributed by atoms with Gasteiger partial charge in [-0.3, -0.25) is 9.78 Å². The maximum atomic E-state index is 13.4. The summed E-state index contributed by atoms with van der Waals surface area (Å²) in [5, 5.41) is 0. The minimum absolute atomic E-state index is 0.130. The molecule has 0 radical (unpaired) electrons. The van der Waals surface area contributed by atoms with Gasteiger partial charge in [-0.15, -0.1) is 0 Å². The Morgan fingerprint density at radius 1 is 1.24 bits per heavy atom. The summed E-state index contributed by atoms with van der Waals surface area (Å²) in [6, 6.07) is 4.34. The molecule has 0 aliphatic heterocycles. The molecule has 0 bridgehead atoms. The zero-order chi connectivity index (χ0) is 15.6. The van der Waals surface area contributed by atoms with Crippen LogP contribution in [-0.4, -0.2) is 17.9 Å². The highest BCUT2D eigenvalue weighted by molar-refractivity contribution is 5.97. The van der Waals surface area contributed by atoms with Crippen molar-refractivity contribution in [2.75, 3.05) is 7.11 Å². The molecule has 2 aromatic rings. The Morgan fingerprint density at radius 2 is 1.95 bits per heavy atom. The summed E-state index contributed by atoms with van der Waals surface area (Å²) in [5.74, 6) is 0.187. The van der Waals surface area contributed by atoms with E-state index in [1.165, 1.54) is 12.1 Å². The minimum Gasteiger partial charge on any atom is -0.496 e. The van der Waals surface area contributed by atoms with Crippen molar-refractivity contribution < 1.29 is 13.9 Å². The van der Waals surface area contributed by atoms with Gasteiger partial charge in [-0.05, 0) is 44.5 Å². The van der Waals surface area contributed by atoms with E-state index in [0.717, 1.165) is 22.4 Å². The number of carbonyl (C=O) groups excluding carboxylic acids is 1. The first-order chi connectivity index (χ1) is 9.92. The zero-order valence-electron chi connectivity index (χ0n) is 12.7. The van der Waals surface area contributed by atoms with Crippen LogP contribution >= 0.6 is 0 Å². The highest BCUT2D eigenvalue weighted by Crippen LogP contribution is 2.25. The number of benzene rings is 1. The molecule has 0 amide bonds. The molecule has 1 aromatic heterocycles. The average molecular weight is 287 g/mol. The summed E-state index contributed by atoms with van der Waals surface area (Å²) in [6.07, 6.45) is 1.82. The number of aryl methyl sites for hydroxylation is 2. The molecule has 1 heterocycles. The smallest absolute Gasteiger partial charge is 0.168 e. The van der Waals surface area contributed by atoms with Crippen molar-refractivity contribution in [2.24, 2.45) is 0 Å². The van der Waals surface area contributed by atoms with Crippen molar-refractivity contribution in [1.29, 1.82) is 0 Å². The fraction of sp³-hybridized carbons (Fsp3) is 0.294. The molecular formula is C17H18FNO2. The van der Waals surface area contributed by atoms with E-state index in [2.05, 4.69) is 4.98 Å². The number of ether oxygens (including phenoxy) is 1. The highest BCUT2D eigenvalue weighted by Gasteiger charge is 2.15. The summed E-state index contributed by atoms with van der Waals surface area (Å²) in [5.41, 5.74) is 3.52. The molecule has 0 aliphatic carbocycles. The first-order valence-electron chi connectivity index (χ1n) is 6.72. The van der Waals surface area contributed by atoms with E-state index in [0.29, 0.717) is 11.3 Å². The van der Waals surface area contributed by atoms with Gasteiger partial charge < -0.3 is 4.74 Å². The second kappa shape index (κ2) is 6.04. The second-order valence-electron chi connectivity index (χ2n) is 5.16. The predicted octanol–water partition coefficient (Wildman–Crippen LogP) is 3.58. The number of ketones is 1. The van der Waals surface area contributed by atoms with E-state index in [1.54, 1.807) is 26.3 Å². The zero-order valence-corrected chi connectivity index (χ0v) is 12.7. The molecule has 0 unspecified atom stereocenters. The van der Waals surface area contributed by atoms with Crippen molar-refractivity contribution >= 4 is 5.78 Å². The largest absolute Gasteiger partial charge is 0.496 e. The molecule has 0 atom stereocenters. The van der Waals surface area contributed by atoms with E-state index in [4.69, 9.17) is 4.74 Å². The Labute approximate surface area is 123 Å². The molecule has 3 nitrogen and oxygen atoms in total. The van der Waals surface area contributed by atoms with Crippen LogP contribution in [0.1, 0.15) is 32.7 Å². The summed E-state index contributed by atoms with van der Waals surface area (Å²) in [4.78, 5) is 16.6. The van der Waals surface area contributed by atoms with Crippen LogP contribution in [0.3, 0.4) is 0 Å². The quantitative estimate of drug-likeness (QED) is 0.807. The van der Waals surface area contributed by atoms with E-state index in [1.807, 2.05) is 13.8 Å². The number of methoxy groups -OCH3 is 1. The fourth-order valence-corrected chi connectivity index (χ4v) is 2.40. The standard InChI is InChI=1S/C17H18FNO2/c1-10-5-13(7-14(18)6-10)16(20)8-15-12(3)17(21-4)11(2)9-19-15/h5-7,9H,8H2,1-4H3. The van der Waals surface area contributed by atoms with Crippen molar-refractivity contribution in [3.8, 4) is 5.75 Å². The Kier molecular flexibility index (Phi) is 4.36. The third-order valence-corrected chi connectivity index (χ3v) is 3.44. The molecule has 0 saturated heterocycles. The van der Waals surface area contributed by atoms with Crippen molar-refractivity contribution in [3.63, 3.8) is 0 Å². The van der Waals surface area contributed by atoms with Gasteiger partial charge in [0.15, 0.2) is 5.78 Å². The number of pyridine rings is 1. The lowest BCUT2D eigenvalue weighted by atomic mass is 10.0. The van der Waals surface area contributed by atoms with E-state index in [9.17, 15) is 9.18 Å². The maximum Gasteiger partial charge on any atom is 0.168 e. The van der Waals surface area contributed by atoms with Crippen LogP contribution in [0.25, 0.3) is 0 Å². The van der Waals surface area contributed by atoms with Gasteiger partial charge in [0.25, 0.3) is 0 Å². The van der Waals surface area contributed by atoms with Crippen LogP contribution in [0.2, 0.25) is 0 Å². The van der Waals surface area contributed by atoms with E-state index >= 15 is 0 Å². The number of aromatic nitrogens is 1. The molecule has 4 heteroatoms.